The number of aliphatic hydroxyl groups is 1. The number of aromatic nitrogens is 3. The Hall–Kier alpha value is -1.51. The first-order valence-electron chi connectivity index (χ1n) is 10.9. The van der Waals surface area contributed by atoms with Crippen LogP contribution in [-0.2, 0) is 11.3 Å². The van der Waals surface area contributed by atoms with Crippen molar-refractivity contribution in [2.45, 2.75) is 45.3 Å². The molecule has 4 rings (SSSR count). The highest BCUT2D eigenvalue weighted by Gasteiger charge is 2.39. The van der Waals surface area contributed by atoms with Gasteiger partial charge in [-0.15, -0.1) is 0 Å². The van der Waals surface area contributed by atoms with Crippen LogP contribution in [0.4, 0.5) is 5.82 Å². The lowest BCUT2D eigenvalue weighted by molar-refractivity contribution is -0.0341. The van der Waals surface area contributed by atoms with E-state index in [-0.39, 0.29) is 17.3 Å². The molecule has 2 aliphatic heterocycles. The van der Waals surface area contributed by atoms with Crippen LogP contribution in [0.1, 0.15) is 37.6 Å². The summed E-state index contributed by atoms with van der Waals surface area (Å²) in [4.78, 5) is 18.4. The van der Waals surface area contributed by atoms with Crippen molar-refractivity contribution in [2.24, 2.45) is 0 Å². The van der Waals surface area contributed by atoms with Gasteiger partial charge in [-0.3, -0.25) is 4.90 Å². The molecular formula is C22H29Cl2N5O2. The summed E-state index contributed by atoms with van der Waals surface area (Å²) in [5.74, 6) is 0.756. The second-order valence-electron chi connectivity index (χ2n) is 8.21. The standard InChI is InChI=1S/C22H29Cl2N5O2/c1-3-22(29-10-12-31-13-11-29)5-8-28(9-6-22)21-17(14-30)27-19(15(2)26-21)16-4-7-25-20(24)18(16)23/h4,7,30H,3,5-6,8-14H2,1-2H3. The summed E-state index contributed by atoms with van der Waals surface area (Å²) in [6.45, 7) is 9.39. The summed E-state index contributed by atoms with van der Waals surface area (Å²) in [5.41, 5.74) is 2.81. The van der Waals surface area contributed by atoms with Crippen molar-refractivity contribution in [3.8, 4) is 11.3 Å². The number of pyridine rings is 1. The van der Waals surface area contributed by atoms with Crippen LogP contribution in [0.3, 0.4) is 0 Å². The van der Waals surface area contributed by atoms with Crippen molar-refractivity contribution in [3.05, 3.63) is 33.8 Å². The lowest BCUT2D eigenvalue weighted by Gasteiger charge is -2.50. The van der Waals surface area contributed by atoms with Gasteiger partial charge in [0.2, 0.25) is 0 Å². The minimum atomic E-state index is -0.190. The van der Waals surface area contributed by atoms with Crippen LogP contribution in [-0.4, -0.2) is 69.9 Å². The Morgan fingerprint density at radius 2 is 1.84 bits per heavy atom. The van der Waals surface area contributed by atoms with Crippen molar-refractivity contribution >= 4 is 29.0 Å². The second kappa shape index (κ2) is 9.55. The van der Waals surface area contributed by atoms with Crippen LogP contribution < -0.4 is 4.90 Å². The highest BCUT2D eigenvalue weighted by Crippen LogP contribution is 2.37. The molecule has 2 aliphatic rings. The Bertz CT molecular complexity index is 928. The summed E-state index contributed by atoms with van der Waals surface area (Å²) in [5, 5.41) is 10.6. The Morgan fingerprint density at radius 1 is 1.13 bits per heavy atom. The van der Waals surface area contributed by atoms with Gasteiger partial charge in [-0.05, 0) is 32.3 Å². The number of anilines is 1. The van der Waals surface area contributed by atoms with Gasteiger partial charge in [0, 0.05) is 43.5 Å². The molecule has 2 fully saturated rings. The zero-order valence-corrected chi connectivity index (χ0v) is 19.6. The Labute approximate surface area is 193 Å². The van der Waals surface area contributed by atoms with E-state index in [4.69, 9.17) is 37.9 Å². The molecule has 31 heavy (non-hydrogen) atoms. The molecule has 2 aromatic rings. The Balaban J connectivity index is 1.59. The normalized spacial score (nSPS) is 19.6. The van der Waals surface area contributed by atoms with Crippen molar-refractivity contribution in [1.29, 1.82) is 0 Å². The molecule has 0 aromatic carbocycles. The van der Waals surface area contributed by atoms with Crippen LogP contribution in [0.5, 0.6) is 0 Å². The molecule has 1 N–H and O–H groups in total. The lowest BCUT2D eigenvalue weighted by Crippen LogP contribution is -2.58. The Kier molecular flexibility index (Phi) is 6.98. The van der Waals surface area contributed by atoms with Gasteiger partial charge in [0.15, 0.2) is 5.82 Å². The molecule has 0 aliphatic carbocycles. The number of morpholine rings is 1. The van der Waals surface area contributed by atoms with E-state index in [0.717, 1.165) is 70.2 Å². The predicted octanol–water partition coefficient (Wildman–Crippen LogP) is 3.73. The molecule has 9 heteroatoms. The quantitative estimate of drug-likeness (QED) is 0.674. The number of piperidine rings is 1. The summed E-state index contributed by atoms with van der Waals surface area (Å²) in [6.07, 6.45) is 4.84. The van der Waals surface area contributed by atoms with Crippen LogP contribution in [0.2, 0.25) is 10.2 Å². The monoisotopic (exact) mass is 465 g/mol. The first kappa shape index (κ1) is 22.7. The zero-order valence-electron chi connectivity index (χ0n) is 18.1. The molecule has 0 bridgehead atoms. The van der Waals surface area contributed by atoms with Gasteiger partial charge in [0.05, 0.1) is 36.2 Å². The van der Waals surface area contributed by atoms with E-state index < -0.39 is 0 Å². The smallest absolute Gasteiger partial charge is 0.153 e. The third-order valence-corrected chi connectivity index (χ3v) is 7.47. The van der Waals surface area contributed by atoms with Crippen molar-refractivity contribution < 1.29 is 9.84 Å². The lowest BCUT2D eigenvalue weighted by atomic mass is 9.82. The number of hydrogen-bond donors (Lipinski definition) is 1. The van der Waals surface area contributed by atoms with Gasteiger partial charge in [0.25, 0.3) is 0 Å². The van der Waals surface area contributed by atoms with Crippen LogP contribution in [0, 0.1) is 6.92 Å². The van der Waals surface area contributed by atoms with E-state index >= 15 is 0 Å². The molecule has 7 nitrogen and oxygen atoms in total. The van der Waals surface area contributed by atoms with E-state index in [1.165, 1.54) is 0 Å². The van der Waals surface area contributed by atoms with Crippen LogP contribution >= 0.6 is 23.2 Å². The van der Waals surface area contributed by atoms with Gasteiger partial charge in [-0.2, -0.15) is 0 Å². The fraction of sp³-hybridized carbons (Fsp3) is 0.591. The number of aryl methyl sites for hydroxylation is 1. The summed E-state index contributed by atoms with van der Waals surface area (Å²) < 4.78 is 5.56. The van der Waals surface area contributed by atoms with Crippen molar-refractivity contribution in [1.82, 2.24) is 19.9 Å². The highest BCUT2D eigenvalue weighted by molar-refractivity contribution is 6.42. The van der Waals surface area contributed by atoms with Crippen molar-refractivity contribution in [2.75, 3.05) is 44.3 Å². The first-order valence-corrected chi connectivity index (χ1v) is 11.6. The Morgan fingerprint density at radius 3 is 2.48 bits per heavy atom. The summed E-state index contributed by atoms with van der Waals surface area (Å²) in [6, 6.07) is 1.77. The maximum absolute atomic E-state index is 10.1. The molecule has 2 aromatic heterocycles. The molecule has 0 amide bonds. The van der Waals surface area contributed by atoms with Crippen molar-refractivity contribution in [3.63, 3.8) is 0 Å². The summed E-state index contributed by atoms with van der Waals surface area (Å²) in [7, 11) is 0. The molecule has 4 heterocycles. The second-order valence-corrected chi connectivity index (χ2v) is 8.95. The molecule has 0 unspecified atom stereocenters. The number of nitrogens with zero attached hydrogens (tertiary/aromatic N) is 5. The largest absolute Gasteiger partial charge is 0.390 e. The van der Waals surface area contributed by atoms with Gasteiger partial charge in [0.1, 0.15) is 10.8 Å². The maximum atomic E-state index is 10.1. The third kappa shape index (κ3) is 4.39. The third-order valence-electron chi connectivity index (χ3n) is 6.71. The van der Waals surface area contributed by atoms with E-state index in [2.05, 4.69) is 21.7 Å². The number of halogens is 2. The molecule has 2 saturated heterocycles. The van der Waals surface area contributed by atoms with E-state index in [0.29, 0.717) is 22.0 Å². The SMILES string of the molecule is CCC1(N2CCOCC2)CCN(c2nc(C)c(-c3ccnc(Cl)c3Cl)nc2CO)CC1. The van der Waals surface area contributed by atoms with Gasteiger partial charge >= 0.3 is 0 Å². The number of aliphatic hydroxyl groups excluding tert-OH is 1. The molecule has 0 saturated carbocycles. The number of hydrogen-bond acceptors (Lipinski definition) is 7. The minimum Gasteiger partial charge on any atom is -0.390 e. The van der Waals surface area contributed by atoms with E-state index in [1.807, 2.05) is 6.92 Å². The predicted molar refractivity (Wildman–Crippen MR) is 123 cm³/mol. The average molecular weight is 466 g/mol. The first-order chi connectivity index (χ1) is 15.0. The molecule has 0 spiro atoms. The van der Waals surface area contributed by atoms with Crippen LogP contribution in [0.15, 0.2) is 12.3 Å². The van der Waals surface area contributed by atoms with Gasteiger partial charge in [-0.1, -0.05) is 30.1 Å². The van der Waals surface area contributed by atoms with E-state index in [1.54, 1.807) is 12.3 Å². The molecule has 0 atom stereocenters. The number of rotatable bonds is 5. The van der Waals surface area contributed by atoms with Crippen LogP contribution in [0.25, 0.3) is 11.3 Å². The zero-order chi connectivity index (χ0) is 22.0. The maximum Gasteiger partial charge on any atom is 0.153 e. The molecular weight excluding hydrogens is 437 g/mol. The number of ether oxygens (including phenoxy) is 1. The van der Waals surface area contributed by atoms with Gasteiger partial charge in [-0.25, -0.2) is 15.0 Å². The minimum absolute atomic E-state index is 0.190. The molecule has 168 valence electrons. The molecule has 0 radical (unpaired) electrons. The fourth-order valence-electron chi connectivity index (χ4n) is 4.82. The fourth-order valence-corrected chi connectivity index (χ4v) is 5.18. The van der Waals surface area contributed by atoms with E-state index in [9.17, 15) is 5.11 Å². The topological polar surface area (TPSA) is 74.6 Å². The summed E-state index contributed by atoms with van der Waals surface area (Å²) >= 11 is 12.4. The average Bonchev–Trinajstić information content (AvgIpc) is 2.81. The van der Waals surface area contributed by atoms with Gasteiger partial charge < -0.3 is 14.7 Å². The highest BCUT2D eigenvalue weighted by atomic mass is 35.5.